The third-order valence-corrected chi connectivity index (χ3v) is 3.00. The van der Waals surface area contributed by atoms with Crippen LogP contribution in [0.1, 0.15) is 0 Å². The molecule has 0 radical (unpaired) electrons. The molecule has 1 aromatic carbocycles. The van der Waals surface area contributed by atoms with E-state index in [1.807, 2.05) is 0 Å². The molecule has 1 N–H and O–H groups in total. The molecule has 0 unspecified atom stereocenters. The van der Waals surface area contributed by atoms with Crippen LogP contribution in [-0.2, 0) is 14.3 Å². The molecule has 1 rings (SSSR count). The van der Waals surface area contributed by atoms with Crippen LogP contribution in [0.25, 0.3) is 0 Å². The Morgan fingerprint density at radius 3 is 2.88 bits per heavy atom. The lowest BCUT2D eigenvalue weighted by Crippen LogP contribution is -2.20. The lowest BCUT2D eigenvalue weighted by molar-refractivity contribution is -0.121. The molecule has 0 saturated heterocycles. The Morgan fingerprint density at radius 1 is 1.47 bits per heavy atom. The van der Waals surface area contributed by atoms with Gasteiger partial charge in [0.05, 0.1) is 18.9 Å². The molecule has 0 saturated carbocycles. The van der Waals surface area contributed by atoms with Gasteiger partial charge >= 0.3 is 0 Å². The van der Waals surface area contributed by atoms with Crippen LogP contribution < -0.4 is 5.32 Å². The SMILES string of the molecule is COCCOCC(=O)Nc1ccc(Cl)cc1I. The van der Waals surface area contributed by atoms with Gasteiger partial charge in [0.25, 0.3) is 0 Å². The van der Waals surface area contributed by atoms with E-state index in [0.29, 0.717) is 18.2 Å². The van der Waals surface area contributed by atoms with Crippen molar-refractivity contribution >= 4 is 45.8 Å². The molecule has 0 atom stereocenters. The van der Waals surface area contributed by atoms with Gasteiger partial charge in [0, 0.05) is 15.7 Å². The van der Waals surface area contributed by atoms with Crippen molar-refractivity contribution in [3.05, 3.63) is 26.8 Å². The van der Waals surface area contributed by atoms with Gasteiger partial charge in [-0.2, -0.15) is 0 Å². The number of hydrogen-bond donors (Lipinski definition) is 1. The van der Waals surface area contributed by atoms with Gasteiger partial charge in [-0.3, -0.25) is 4.79 Å². The van der Waals surface area contributed by atoms with Crippen molar-refractivity contribution in [3.63, 3.8) is 0 Å². The lowest BCUT2D eigenvalue weighted by Gasteiger charge is -2.08. The predicted molar refractivity (Wildman–Crippen MR) is 75.5 cm³/mol. The maximum Gasteiger partial charge on any atom is 0.250 e. The second-order valence-corrected chi connectivity index (χ2v) is 4.82. The van der Waals surface area contributed by atoms with E-state index in [-0.39, 0.29) is 12.5 Å². The van der Waals surface area contributed by atoms with Gasteiger partial charge in [0.1, 0.15) is 6.61 Å². The second-order valence-electron chi connectivity index (χ2n) is 3.22. The maximum atomic E-state index is 11.5. The van der Waals surface area contributed by atoms with Crippen LogP contribution in [0.4, 0.5) is 5.69 Å². The molecule has 0 heterocycles. The van der Waals surface area contributed by atoms with Gasteiger partial charge in [-0.1, -0.05) is 11.6 Å². The molecule has 1 aromatic rings. The fourth-order valence-electron chi connectivity index (χ4n) is 1.08. The summed E-state index contributed by atoms with van der Waals surface area (Å²) < 4.78 is 10.8. The van der Waals surface area contributed by atoms with Crippen LogP contribution in [0.5, 0.6) is 0 Å². The third-order valence-electron chi connectivity index (χ3n) is 1.87. The van der Waals surface area contributed by atoms with E-state index in [1.165, 1.54) is 0 Å². The molecule has 17 heavy (non-hydrogen) atoms. The average Bonchev–Trinajstić information content (AvgIpc) is 2.28. The van der Waals surface area contributed by atoms with Gasteiger partial charge in [-0.15, -0.1) is 0 Å². The first-order valence-corrected chi connectivity index (χ1v) is 6.40. The predicted octanol–water partition coefficient (Wildman–Crippen LogP) is 2.55. The summed E-state index contributed by atoms with van der Waals surface area (Å²) in [4.78, 5) is 11.5. The highest BCUT2D eigenvalue weighted by Crippen LogP contribution is 2.22. The minimum absolute atomic E-state index is 0.0159. The number of anilines is 1. The number of hydrogen-bond acceptors (Lipinski definition) is 3. The first kappa shape index (κ1) is 14.7. The van der Waals surface area contributed by atoms with Crippen LogP contribution >= 0.6 is 34.2 Å². The van der Waals surface area contributed by atoms with E-state index in [2.05, 4.69) is 27.9 Å². The highest BCUT2D eigenvalue weighted by atomic mass is 127. The number of rotatable bonds is 6. The van der Waals surface area contributed by atoms with E-state index in [4.69, 9.17) is 21.1 Å². The highest BCUT2D eigenvalue weighted by molar-refractivity contribution is 14.1. The Morgan fingerprint density at radius 2 is 2.24 bits per heavy atom. The zero-order valence-corrected chi connectivity index (χ0v) is 12.2. The van der Waals surface area contributed by atoms with Crippen molar-refractivity contribution in [2.24, 2.45) is 0 Å². The van der Waals surface area contributed by atoms with E-state index < -0.39 is 0 Å². The van der Waals surface area contributed by atoms with Crippen molar-refractivity contribution in [2.45, 2.75) is 0 Å². The summed E-state index contributed by atoms with van der Waals surface area (Å²) in [7, 11) is 1.58. The minimum atomic E-state index is -0.193. The Labute approximate surface area is 119 Å². The van der Waals surface area contributed by atoms with Crippen molar-refractivity contribution in [1.29, 1.82) is 0 Å². The Bertz CT molecular complexity index is 387. The largest absolute Gasteiger partial charge is 0.382 e. The molecule has 94 valence electrons. The summed E-state index contributed by atoms with van der Waals surface area (Å²) in [5, 5.41) is 3.39. The molecule has 0 aliphatic heterocycles. The smallest absolute Gasteiger partial charge is 0.250 e. The summed E-state index contributed by atoms with van der Waals surface area (Å²) in [5.41, 5.74) is 0.732. The molecule has 0 bridgehead atoms. The van der Waals surface area contributed by atoms with Gasteiger partial charge in [-0.05, 0) is 40.8 Å². The molecule has 0 aliphatic rings. The van der Waals surface area contributed by atoms with Crippen molar-refractivity contribution in [2.75, 3.05) is 32.2 Å². The quantitative estimate of drug-likeness (QED) is 0.619. The number of carbonyl (C=O) groups is 1. The van der Waals surface area contributed by atoms with Crippen LogP contribution in [0.15, 0.2) is 18.2 Å². The first-order valence-electron chi connectivity index (χ1n) is 4.95. The minimum Gasteiger partial charge on any atom is -0.382 e. The fraction of sp³-hybridized carbons (Fsp3) is 0.364. The van der Waals surface area contributed by atoms with E-state index in [0.717, 1.165) is 9.26 Å². The molecule has 6 heteroatoms. The first-order chi connectivity index (χ1) is 8.13. The zero-order chi connectivity index (χ0) is 12.7. The number of halogens is 2. The number of methoxy groups -OCH3 is 1. The van der Waals surface area contributed by atoms with Crippen LogP contribution in [-0.4, -0.2) is 32.8 Å². The van der Waals surface area contributed by atoms with Gasteiger partial charge < -0.3 is 14.8 Å². The molecule has 1 amide bonds. The standard InChI is InChI=1S/C11H13ClINO3/c1-16-4-5-17-7-11(15)14-10-3-2-8(12)6-9(10)13/h2-3,6H,4-5,7H2,1H3,(H,14,15). The lowest BCUT2D eigenvalue weighted by atomic mass is 10.3. The monoisotopic (exact) mass is 369 g/mol. The number of benzene rings is 1. The number of amides is 1. The Hall–Kier alpha value is -0.370. The zero-order valence-electron chi connectivity index (χ0n) is 9.33. The van der Waals surface area contributed by atoms with Crippen LogP contribution in [0.3, 0.4) is 0 Å². The second kappa shape index (κ2) is 7.86. The summed E-state index contributed by atoms with van der Waals surface area (Å²) in [6.07, 6.45) is 0. The third kappa shape index (κ3) is 5.67. The van der Waals surface area contributed by atoms with Crippen LogP contribution in [0, 0.1) is 3.57 Å². The topological polar surface area (TPSA) is 47.6 Å². The van der Waals surface area contributed by atoms with Gasteiger partial charge in [0.15, 0.2) is 0 Å². The normalized spacial score (nSPS) is 10.3. The summed E-state index contributed by atoms with van der Waals surface area (Å²) in [6, 6.07) is 5.27. The van der Waals surface area contributed by atoms with E-state index in [1.54, 1.807) is 25.3 Å². The van der Waals surface area contributed by atoms with Crippen LogP contribution in [0.2, 0.25) is 5.02 Å². The molecule has 0 fully saturated rings. The summed E-state index contributed by atoms with van der Waals surface area (Å²) >= 11 is 7.93. The summed E-state index contributed by atoms with van der Waals surface area (Å²) in [6.45, 7) is 0.898. The van der Waals surface area contributed by atoms with Gasteiger partial charge in [-0.25, -0.2) is 0 Å². The number of ether oxygens (including phenoxy) is 2. The van der Waals surface area contributed by atoms with E-state index >= 15 is 0 Å². The summed E-state index contributed by atoms with van der Waals surface area (Å²) in [5.74, 6) is -0.193. The fourth-order valence-corrected chi connectivity index (χ4v) is 2.09. The van der Waals surface area contributed by atoms with Gasteiger partial charge in [0.2, 0.25) is 5.91 Å². The number of carbonyl (C=O) groups excluding carboxylic acids is 1. The number of nitrogens with one attached hydrogen (secondary N) is 1. The van der Waals surface area contributed by atoms with Crippen molar-refractivity contribution < 1.29 is 14.3 Å². The van der Waals surface area contributed by atoms with Crippen molar-refractivity contribution in [1.82, 2.24) is 0 Å². The molecule has 0 spiro atoms. The molecular weight excluding hydrogens is 356 g/mol. The van der Waals surface area contributed by atoms with Crippen molar-refractivity contribution in [3.8, 4) is 0 Å². The Kier molecular flexibility index (Phi) is 6.79. The maximum absolute atomic E-state index is 11.5. The molecule has 4 nitrogen and oxygen atoms in total. The van der Waals surface area contributed by atoms with E-state index in [9.17, 15) is 4.79 Å². The molecule has 0 aliphatic carbocycles. The highest BCUT2D eigenvalue weighted by Gasteiger charge is 2.05. The molecular formula is C11H13ClINO3. The Balaban J connectivity index is 2.40. The molecule has 0 aromatic heterocycles. The average molecular weight is 370 g/mol.